The predicted molar refractivity (Wildman–Crippen MR) is 62.1 cm³/mol. The first kappa shape index (κ1) is 12.0. The Morgan fingerprint density at radius 2 is 2.20 bits per heavy atom. The number of rotatable bonds is 5. The number of nitrogens with zero attached hydrogens (tertiary/aromatic N) is 1. The largest absolute Gasteiger partial charge is 0.383 e. The van der Waals surface area contributed by atoms with Gasteiger partial charge in [-0.15, -0.1) is 0 Å². The molecule has 0 spiro atoms. The fraction of sp³-hybridized carbons (Fsp3) is 0.364. The predicted octanol–water partition coefficient (Wildman–Crippen LogP) is 3.69. The Labute approximate surface area is 97.2 Å². The molecular formula is C11H12BrFN2. The monoisotopic (exact) mass is 270 g/mol. The molecule has 1 aromatic carbocycles. The van der Waals surface area contributed by atoms with Crippen LogP contribution in [0.4, 0.5) is 10.1 Å². The van der Waals surface area contributed by atoms with Crippen molar-refractivity contribution in [3.05, 3.63) is 28.5 Å². The van der Waals surface area contributed by atoms with Crippen molar-refractivity contribution in [1.29, 1.82) is 5.26 Å². The van der Waals surface area contributed by atoms with Gasteiger partial charge in [-0.05, 0) is 31.0 Å². The fourth-order valence-electron chi connectivity index (χ4n) is 1.18. The lowest BCUT2D eigenvalue weighted by atomic mass is 10.2. The van der Waals surface area contributed by atoms with E-state index < -0.39 is 0 Å². The highest BCUT2D eigenvalue weighted by atomic mass is 79.9. The van der Waals surface area contributed by atoms with Gasteiger partial charge in [0.05, 0.1) is 11.8 Å². The summed E-state index contributed by atoms with van der Waals surface area (Å²) in [6.07, 6.45) is 2.29. The molecule has 1 aromatic rings. The van der Waals surface area contributed by atoms with E-state index in [-0.39, 0.29) is 5.82 Å². The summed E-state index contributed by atoms with van der Waals surface area (Å²) >= 11 is 3.19. The summed E-state index contributed by atoms with van der Waals surface area (Å²) in [7, 11) is 0. The minimum absolute atomic E-state index is 0.260. The van der Waals surface area contributed by atoms with Crippen molar-refractivity contribution in [3.63, 3.8) is 0 Å². The number of halogens is 2. The van der Waals surface area contributed by atoms with E-state index in [2.05, 4.69) is 27.3 Å². The maximum absolute atomic E-state index is 13.3. The lowest BCUT2D eigenvalue weighted by Crippen LogP contribution is -2.03. The first-order chi connectivity index (χ1) is 7.24. The minimum atomic E-state index is -0.260. The van der Waals surface area contributed by atoms with Crippen LogP contribution in [0.5, 0.6) is 0 Å². The quantitative estimate of drug-likeness (QED) is 0.829. The van der Waals surface area contributed by atoms with Crippen molar-refractivity contribution in [2.75, 3.05) is 11.9 Å². The van der Waals surface area contributed by atoms with Gasteiger partial charge in [0.2, 0.25) is 0 Å². The molecule has 0 atom stereocenters. The van der Waals surface area contributed by atoms with Gasteiger partial charge in [0.1, 0.15) is 5.82 Å². The Morgan fingerprint density at radius 1 is 1.40 bits per heavy atom. The van der Waals surface area contributed by atoms with Gasteiger partial charge in [-0.25, -0.2) is 4.39 Å². The SMILES string of the molecule is N#CCCCCNc1ccc(Br)cc1F. The third kappa shape index (κ3) is 4.30. The Balaban J connectivity index is 2.35. The van der Waals surface area contributed by atoms with E-state index in [0.717, 1.165) is 17.3 Å². The van der Waals surface area contributed by atoms with Crippen LogP contribution in [0.2, 0.25) is 0 Å². The van der Waals surface area contributed by atoms with Crippen molar-refractivity contribution in [2.45, 2.75) is 19.3 Å². The Bertz CT molecular complexity index is 360. The van der Waals surface area contributed by atoms with Gasteiger partial charge < -0.3 is 5.32 Å². The van der Waals surface area contributed by atoms with Gasteiger partial charge >= 0.3 is 0 Å². The summed E-state index contributed by atoms with van der Waals surface area (Å²) < 4.78 is 14.0. The van der Waals surface area contributed by atoms with Crippen molar-refractivity contribution in [1.82, 2.24) is 0 Å². The average Bonchev–Trinajstić information content (AvgIpc) is 2.20. The molecule has 0 aliphatic rings. The number of benzene rings is 1. The molecule has 0 heterocycles. The van der Waals surface area contributed by atoms with E-state index in [4.69, 9.17) is 5.26 Å². The number of anilines is 1. The summed E-state index contributed by atoms with van der Waals surface area (Å²) in [5.41, 5.74) is 0.509. The molecular weight excluding hydrogens is 259 g/mol. The van der Waals surface area contributed by atoms with E-state index in [1.807, 2.05) is 0 Å². The first-order valence-corrected chi connectivity index (χ1v) is 5.59. The first-order valence-electron chi connectivity index (χ1n) is 4.80. The topological polar surface area (TPSA) is 35.8 Å². The number of hydrogen-bond acceptors (Lipinski definition) is 2. The van der Waals surface area contributed by atoms with Gasteiger partial charge in [-0.2, -0.15) is 5.26 Å². The van der Waals surface area contributed by atoms with E-state index in [9.17, 15) is 4.39 Å². The van der Waals surface area contributed by atoms with Crippen molar-refractivity contribution in [2.24, 2.45) is 0 Å². The molecule has 1 rings (SSSR count). The van der Waals surface area contributed by atoms with Crippen LogP contribution in [0.25, 0.3) is 0 Å². The molecule has 0 radical (unpaired) electrons. The zero-order chi connectivity index (χ0) is 11.1. The molecule has 0 fully saturated rings. The Kier molecular flexibility index (Phi) is 5.13. The molecule has 0 aliphatic carbocycles. The van der Waals surface area contributed by atoms with E-state index in [1.54, 1.807) is 12.1 Å². The van der Waals surface area contributed by atoms with Crippen LogP contribution < -0.4 is 5.32 Å². The highest BCUT2D eigenvalue weighted by Gasteiger charge is 2.00. The third-order valence-corrected chi connectivity index (χ3v) is 2.46. The molecule has 4 heteroatoms. The lowest BCUT2D eigenvalue weighted by Gasteiger charge is -2.06. The number of nitrogens with one attached hydrogen (secondary N) is 1. The molecule has 0 aliphatic heterocycles. The molecule has 0 bridgehead atoms. The zero-order valence-electron chi connectivity index (χ0n) is 8.26. The fourth-order valence-corrected chi connectivity index (χ4v) is 1.52. The molecule has 0 amide bonds. The molecule has 80 valence electrons. The normalized spacial score (nSPS) is 9.67. The van der Waals surface area contributed by atoms with Gasteiger partial charge in [0.25, 0.3) is 0 Å². The third-order valence-electron chi connectivity index (χ3n) is 1.96. The summed E-state index contributed by atoms with van der Waals surface area (Å²) in [6.45, 7) is 0.695. The number of nitriles is 1. The second-order valence-electron chi connectivity index (χ2n) is 3.17. The van der Waals surface area contributed by atoms with Crippen LogP contribution in [0.15, 0.2) is 22.7 Å². The van der Waals surface area contributed by atoms with Crippen LogP contribution in [-0.2, 0) is 0 Å². The van der Waals surface area contributed by atoms with Crippen molar-refractivity contribution < 1.29 is 4.39 Å². The minimum Gasteiger partial charge on any atom is -0.383 e. The van der Waals surface area contributed by atoms with E-state index in [0.29, 0.717) is 18.7 Å². The highest BCUT2D eigenvalue weighted by Crippen LogP contribution is 2.19. The van der Waals surface area contributed by atoms with Crippen LogP contribution in [0.1, 0.15) is 19.3 Å². The summed E-state index contributed by atoms with van der Waals surface area (Å²) in [6, 6.07) is 7.00. The lowest BCUT2D eigenvalue weighted by molar-refractivity contribution is 0.628. The maximum Gasteiger partial charge on any atom is 0.147 e. The summed E-state index contributed by atoms with van der Waals surface area (Å²) in [4.78, 5) is 0. The molecule has 0 unspecified atom stereocenters. The van der Waals surface area contributed by atoms with Crippen LogP contribution in [0.3, 0.4) is 0 Å². The molecule has 15 heavy (non-hydrogen) atoms. The second kappa shape index (κ2) is 6.41. The molecule has 0 saturated carbocycles. The molecule has 2 nitrogen and oxygen atoms in total. The van der Waals surface area contributed by atoms with Crippen molar-refractivity contribution in [3.8, 4) is 6.07 Å². The van der Waals surface area contributed by atoms with Crippen LogP contribution in [0, 0.1) is 17.1 Å². The molecule has 0 aromatic heterocycles. The molecule has 1 N–H and O–H groups in total. The number of unbranched alkanes of at least 4 members (excludes halogenated alkanes) is 2. The summed E-state index contributed by atoms with van der Waals surface area (Å²) in [5.74, 6) is -0.260. The maximum atomic E-state index is 13.3. The van der Waals surface area contributed by atoms with Gasteiger partial charge in [0.15, 0.2) is 0 Å². The van der Waals surface area contributed by atoms with Gasteiger partial charge in [0, 0.05) is 17.4 Å². The highest BCUT2D eigenvalue weighted by molar-refractivity contribution is 9.10. The Hall–Kier alpha value is -1.08. The Morgan fingerprint density at radius 3 is 2.87 bits per heavy atom. The van der Waals surface area contributed by atoms with Crippen LogP contribution >= 0.6 is 15.9 Å². The molecule has 0 saturated heterocycles. The van der Waals surface area contributed by atoms with E-state index in [1.165, 1.54) is 6.07 Å². The summed E-state index contributed by atoms with van der Waals surface area (Å²) in [5, 5.41) is 11.3. The zero-order valence-corrected chi connectivity index (χ0v) is 9.85. The van der Waals surface area contributed by atoms with Gasteiger partial charge in [-0.3, -0.25) is 0 Å². The standard InChI is InChI=1S/C11H12BrFN2/c12-9-4-5-11(10(13)8-9)15-7-3-1-2-6-14/h4-5,8,15H,1-3,7H2. The second-order valence-corrected chi connectivity index (χ2v) is 4.08. The number of hydrogen-bond donors (Lipinski definition) is 1. The van der Waals surface area contributed by atoms with Crippen molar-refractivity contribution >= 4 is 21.6 Å². The van der Waals surface area contributed by atoms with Crippen LogP contribution in [-0.4, -0.2) is 6.54 Å². The van der Waals surface area contributed by atoms with Gasteiger partial charge in [-0.1, -0.05) is 15.9 Å². The van der Waals surface area contributed by atoms with E-state index >= 15 is 0 Å². The smallest absolute Gasteiger partial charge is 0.147 e. The average molecular weight is 271 g/mol.